The number of nitrogens with zero attached hydrogens (tertiary/aromatic N) is 1. The summed E-state index contributed by atoms with van der Waals surface area (Å²) in [6, 6.07) is 0. The topological polar surface area (TPSA) is 38.5 Å². The smallest absolute Gasteiger partial charge is 0.0600 e. The van der Waals surface area contributed by atoms with Crippen LogP contribution in [0.1, 0.15) is 40.5 Å². The van der Waals surface area contributed by atoms with Crippen LogP contribution in [0.15, 0.2) is 0 Å². The number of rotatable bonds is 8. The lowest BCUT2D eigenvalue weighted by molar-refractivity contribution is -0.0129. The first-order chi connectivity index (χ1) is 6.99. The monoisotopic (exact) mass is 216 g/mol. The molecular formula is C12H28N2O. The number of ether oxygens (including phenoxy) is 1. The number of unbranched alkanes of at least 4 members (excludes halogenated alkanes) is 1. The average Bonchev–Trinajstić information content (AvgIpc) is 2.12. The van der Waals surface area contributed by atoms with Gasteiger partial charge in [-0.2, -0.15) is 0 Å². The highest BCUT2D eigenvalue weighted by Gasteiger charge is 2.10. The molecule has 0 aliphatic heterocycles. The van der Waals surface area contributed by atoms with Crippen molar-refractivity contribution in [3.63, 3.8) is 0 Å². The molecule has 0 amide bonds. The van der Waals surface area contributed by atoms with Gasteiger partial charge in [0.15, 0.2) is 0 Å². The summed E-state index contributed by atoms with van der Waals surface area (Å²) in [6.45, 7) is 13.1. The largest absolute Gasteiger partial charge is 0.375 e. The van der Waals surface area contributed by atoms with E-state index in [2.05, 4.69) is 32.6 Å². The SMILES string of the molecule is CCCCN(CCN)CCOC(C)(C)C. The van der Waals surface area contributed by atoms with Gasteiger partial charge in [-0.25, -0.2) is 0 Å². The Labute approximate surface area is 95.0 Å². The Hall–Kier alpha value is -0.120. The van der Waals surface area contributed by atoms with Crippen LogP contribution in [0.5, 0.6) is 0 Å². The normalized spacial score (nSPS) is 12.4. The Morgan fingerprint density at radius 3 is 2.27 bits per heavy atom. The zero-order valence-corrected chi connectivity index (χ0v) is 10.9. The first kappa shape index (κ1) is 14.9. The molecule has 0 fully saturated rings. The highest BCUT2D eigenvalue weighted by atomic mass is 16.5. The van der Waals surface area contributed by atoms with Gasteiger partial charge in [0.05, 0.1) is 12.2 Å². The fraction of sp³-hybridized carbons (Fsp3) is 1.00. The predicted molar refractivity (Wildman–Crippen MR) is 66.1 cm³/mol. The Morgan fingerprint density at radius 1 is 1.13 bits per heavy atom. The van der Waals surface area contributed by atoms with Gasteiger partial charge in [0.25, 0.3) is 0 Å². The molecule has 15 heavy (non-hydrogen) atoms. The van der Waals surface area contributed by atoms with Gasteiger partial charge in [0.1, 0.15) is 0 Å². The van der Waals surface area contributed by atoms with Crippen molar-refractivity contribution >= 4 is 0 Å². The van der Waals surface area contributed by atoms with Crippen molar-refractivity contribution in [2.75, 3.05) is 32.8 Å². The fourth-order valence-electron chi connectivity index (χ4n) is 1.38. The van der Waals surface area contributed by atoms with E-state index < -0.39 is 0 Å². The second-order valence-electron chi connectivity index (χ2n) is 4.94. The van der Waals surface area contributed by atoms with Crippen molar-refractivity contribution in [3.05, 3.63) is 0 Å². The molecule has 0 spiro atoms. The second-order valence-corrected chi connectivity index (χ2v) is 4.94. The quantitative estimate of drug-likeness (QED) is 0.673. The van der Waals surface area contributed by atoms with Crippen molar-refractivity contribution in [2.24, 2.45) is 5.73 Å². The van der Waals surface area contributed by atoms with Crippen molar-refractivity contribution in [1.29, 1.82) is 0 Å². The molecule has 3 heteroatoms. The summed E-state index contributed by atoms with van der Waals surface area (Å²) in [5, 5.41) is 0. The maximum Gasteiger partial charge on any atom is 0.0600 e. The van der Waals surface area contributed by atoms with Gasteiger partial charge < -0.3 is 10.5 Å². The van der Waals surface area contributed by atoms with Gasteiger partial charge >= 0.3 is 0 Å². The van der Waals surface area contributed by atoms with Gasteiger partial charge in [-0.3, -0.25) is 4.90 Å². The van der Waals surface area contributed by atoms with Crippen LogP contribution in [0.3, 0.4) is 0 Å². The molecule has 0 bridgehead atoms. The molecule has 0 unspecified atom stereocenters. The van der Waals surface area contributed by atoms with Crippen LogP contribution in [0.25, 0.3) is 0 Å². The number of hydrogen-bond donors (Lipinski definition) is 1. The molecule has 0 aromatic carbocycles. The van der Waals surface area contributed by atoms with Crippen LogP contribution in [-0.4, -0.2) is 43.3 Å². The van der Waals surface area contributed by atoms with E-state index >= 15 is 0 Å². The number of nitrogens with two attached hydrogens (primary N) is 1. The van der Waals surface area contributed by atoms with E-state index in [1.165, 1.54) is 12.8 Å². The molecule has 0 aromatic rings. The van der Waals surface area contributed by atoms with Gasteiger partial charge in [-0.1, -0.05) is 13.3 Å². The molecule has 0 aliphatic rings. The summed E-state index contributed by atoms with van der Waals surface area (Å²) in [4.78, 5) is 2.38. The van der Waals surface area contributed by atoms with Crippen LogP contribution in [-0.2, 0) is 4.74 Å². The van der Waals surface area contributed by atoms with E-state index in [1.807, 2.05) is 0 Å². The Morgan fingerprint density at radius 2 is 1.80 bits per heavy atom. The highest BCUT2D eigenvalue weighted by Crippen LogP contribution is 2.06. The van der Waals surface area contributed by atoms with Crippen LogP contribution < -0.4 is 5.73 Å². The molecule has 92 valence electrons. The first-order valence-corrected chi connectivity index (χ1v) is 6.06. The third-order valence-electron chi connectivity index (χ3n) is 2.22. The standard InChI is InChI=1S/C12H28N2O/c1-5-6-8-14(9-7-13)10-11-15-12(2,3)4/h5-11,13H2,1-4H3. The lowest BCUT2D eigenvalue weighted by Gasteiger charge is -2.25. The number of hydrogen-bond acceptors (Lipinski definition) is 3. The van der Waals surface area contributed by atoms with Crippen LogP contribution in [0, 0.1) is 0 Å². The van der Waals surface area contributed by atoms with E-state index in [0.717, 1.165) is 32.8 Å². The van der Waals surface area contributed by atoms with E-state index in [1.54, 1.807) is 0 Å². The summed E-state index contributed by atoms with van der Waals surface area (Å²) in [5.74, 6) is 0. The van der Waals surface area contributed by atoms with Crippen LogP contribution in [0.4, 0.5) is 0 Å². The molecule has 0 radical (unpaired) electrons. The summed E-state index contributed by atoms with van der Waals surface area (Å²) >= 11 is 0. The summed E-state index contributed by atoms with van der Waals surface area (Å²) in [6.07, 6.45) is 2.48. The van der Waals surface area contributed by atoms with Gasteiger partial charge in [0, 0.05) is 19.6 Å². The van der Waals surface area contributed by atoms with Gasteiger partial charge in [-0.05, 0) is 33.7 Å². The molecule has 0 atom stereocenters. The van der Waals surface area contributed by atoms with Crippen molar-refractivity contribution in [1.82, 2.24) is 4.90 Å². The predicted octanol–water partition coefficient (Wildman–Crippen LogP) is 1.86. The van der Waals surface area contributed by atoms with Crippen LogP contribution >= 0.6 is 0 Å². The summed E-state index contributed by atoms with van der Waals surface area (Å²) < 4.78 is 5.70. The van der Waals surface area contributed by atoms with Crippen molar-refractivity contribution in [2.45, 2.75) is 46.1 Å². The molecule has 0 heterocycles. The second kappa shape index (κ2) is 8.08. The van der Waals surface area contributed by atoms with E-state index in [-0.39, 0.29) is 5.60 Å². The Bertz CT molecular complexity index is 143. The third kappa shape index (κ3) is 10.2. The maximum absolute atomic E-state index is 5.70. The molecule has 0 saturated heterocycles. The molecular weight excluding hydrogens is 188 g/mol. The van der Waals surface area contributed by atoms with Gasteiger partial charge in [0.2, 0.25) is 0 Å². The van der Waals surface area contributed by atoms with Crippen molar-refractivity contribution < 1.29 is 4.74 Å². The molecule has 2 N–H and O–H groups in total. The van der Waals surface area contributed by atoms with Crippen molar-refractivity contribution in [3.8, 4) is 0 Å². The zero-order chi connectivity index (χ0) is 11.7. The van der Waals surface area contributed by atoms with E-state index in [4.69, 9.17) is 10.5 Å². The maximum atomic E-state index is 5.70. The lowest BCUT2D eigenvalue weighted by Crippen LogP contribution is -2.35. The summed E-state index contributed by atoms with van der Waals surface area (Å²) in [7, 11) is 0. The fourth-order valence-corrected chi connectivity index (χ4v) is 1.38. The third-order valence-corrected chi connectivity index (χ3v) is 2.22. The molecule has 0 rings (SSSR count). The lowest BCUT2D eigenvalue weighted by atomic mass is 10.2. The Balaban J connectivity index is 3.65. The Kier molecular flexibility index (Phi) is 8.02. The van der Waals surface area contributed by atoms with Crippen LogP contribution in [0.2, 0.25) is 0 Å². The van der Waals surface area contributed by atoms with Gasteiger partial charge in [-0.15, -0.1) is 0 Å². The first-order valence-electron chi connectivity index (χ1n) is 6.06. The van der Waals surface area contributed by atoms with E-state index in [0.29, 0.717) is 0 Å². The minimum atomic E-state index is -0.0286. The molecule has 0 aromatic heterocycles. The zero-order valence-electron chi connectivity index (χ0n) is 10.9. The minimum absolute atomic E-state index is 0.0286. The average molecular weight is 216 g/mol. The molecule has 0 saturated carbocycles. The summed E-state index contributed by atoms with van der Waals surface area (Å²) in [5.41, 5.74) is 5.55. The van der Waals surface area contributed by atoms with E-state index in [9.17, 15) is 0 Å². The highest BCUT2D eigenvalue weighted by molar-refractivity contribution is 4.62. The molecule has 3 nitrogen and oxygen atoms in total. The molecule has 0 aliphatic carbocycles. The minimum Gasteiger partial charge on any atom is -0.375 e.